The Morgan fingerprint density at radius 2 is 1.90 bits per heavy atom. The minimum atomic E-state index is -0.225. The maximum Gasteiger partial charge on any atom is 0.252 e. The van der Waals surface area contributed by atoms with E-state index in [4.69, 9.17) is 0 Å². The molecule has 0 bridgehead atoms. The number of fused-ring (bicyclic) bond motifs is 1. The number of aromatic amines is 1. The van der Waals surface area contributed by atoms with Crippen molar-refractivity contribution < 1.29 is 0 Å². The fraction of sp³-hybridized carbons (Fsp3) is 0.100. The molecule has 30 heavy (non-hydrogen) atoms. The zero-order chi connectivity index (χ0) is 20.7. The summed E-state index contributed by atoms with van der Waals surface area (Å²) in [5.41, 5.74) is 1.69. The number of rotatable bonds is 4. The SMILES string of the molecule is CN(C)c1[nH]c(-c2nccs2)c(-c2nc3ncccn3n2)c(=O)c1-c1ccccn1. The molecule has 0 amide bonds. The molecule has 9 nitrogen and oxygen atoms in total. The second kappa shape index (κ2) is 7.16. The Balaban J connectivity index is 1.89. The summed E-state index contributed by atoms with van der Waals surface area (Å²) in [6.45, 7) is 0. The minimum Gasteiger partial charge on any atom is -0.364 e. The van der Waals surface area contributed by atoms with Gasteiger partial charge in [0.1, 0.15) is 10.8 Å². The molecule has 5 heterocycles. The van der Waals surface area contributed by atoms with Crippen LogP contribution in [0.2, 0.25) is 0 Å². The number of hydrogen-bond donors (Lipinski definition) is 1. The third-order valence-electron chi connectivity index (χ3n) is 4.54. The third kappa shape index (κ3) is 2.94. The second-order valence-electron chi connectivity index (χ2n) is 6.67. The highest BCUT2D eigenvalue weighted by molar-refractivity contribution is 7.13. The number of aromatic nitrogens is 7. The normalized spacial score (nSPS) is 11.1. The number of thiazole rings is 1. The Morgan fingerprint density at radius 3 is 2.60 bits per heavy atom. The van der Waals surface area contributed by atoms with Crippen molar-refractivity contribution in [3.63, 3.8) is 0 Å². The molecule has 0 saturated heterocycles. The van der Waals surface area contributed by atoms with Gasteiger partial charge in [0, 0.05) is 44.3 Å². The zero-order valence-corrected chi connectivity index (χ0v) is 17.0. The van der Waals surface area contributed by atoms with Gasteiger partial charge in [0.15, 0.2) is 5.82 Å². The van der Waals surface area contributed by atoms with Crippen LogP contribution in [-0.4, -0.2) is 48.6 Å². The summed E-state index contributed by atoms with van der Waals surface area (Å²) in [5.74, 6) is 1.32. The monoisotopic (exact) mass is 416 g/mol. The van der Waals surface area contributed by atoms with E-state index in [0.29, 0.717) is 39.1 Å². The average molecular weight is 416 g/mol. The summed E-state index contributed by atoms with van der Waals surface area (Å²) in [4.78, 5) is 36.6. The fourth-order valence-corrected chi connectivity index (χ4v) is 3.88. The van der Waals surface area contributed by atoms with E-state index in [1.165, 1.54) is 11.3 Å². The van der Waals surface area contributed by atoms with Crippen LogP contribution in [0.5, 0.6) is 0 Å². The van der Waals surface area contributed by atoms with Gasteiger partial charge >= 0.3 is 0 Å². The van der Waals surface area contributed by atoms with Crippen LogP contribution in [0.15, 0.2) is 59.2 Å². The number of hydrogen-bond acceptors (Lipinski definition) is 8. The maximum absolute atomic E-state index is 13.9. The predicted molar refractivity (Wildman–Crippen MR) is 116 cm³/mol. The lowest BCUT2D eigenvalue weighted by Crippen LogP contribution is -2.21. The van der Waals surface area contributed by atoms with E-state index in [2.05, 4.69) is 30.0 Å². The van der Waals surface area contributed by atoms with E-state index < -0.39 is 0 Å². The van der Waals surface area contributed by atoms with Crippen molar-refractivity contribution in [2.75, 3.05) is 19.0 Å². The molecular weight excluding hydrogens is 400 g/mol. The molecule has 0 aliphatic rings. The quantitative estimate of drug-likeness (QED) is 0.480. The Labute approximate surface area is 174 Å². The largest absolute Gasteiger partial charge is 0.364 e. The molecule has 10 heteroatoms. The van der Waals surface area contributed by atoms with Crippen LogP contribution in [-0.2, 0) is 0 Å². The van der Waals surface area contributed by atoms with Crippen molar-refractivity contribution in [3.05, 3.63) is 64.7 Å². The van der Waals surface area contributed by atoms with Gasteiger partial charge in [0.25, 0.3) is 5.78 Å². The summed E-state index contributed by atoms with van der Waals surface area (Å²) in [7, 11) is 3.74. The maximum atomic E-state index is 13.9. The lowest BCUT2D eigenvalue weighted by atomic mass is 10.0. The van der Waals surface area contributed by atoms with E-state index in [1.54, 1.807) is 35.4 Å². The predicted octanol–water partition coefficient (Wildman–Crippen LogP) is 2.73. The number of anilines is 1. The molecule has 0 aliphatic carbocycles. The Morgan fingerprint density at radius 1 is 1.03 bits per heavy atom. The first-order valence-corrected chi connectivity index (χ1v) is 9.98. The highest BCUT2D eigenvalue weighted by Gasteiger charge is 2.25. The summed E-state index contributed by atoms with van der Waals surface area (Å²) in [6.07, 6.45) is 6.73. The van der Waals surface area contributed by atoms with Gasteiger partial charge < -0.3 is 9.88 Å². The van der Waals surface area contributed by atoms with Crippen LogP contribution in [0.3, 0.4) is 0 Å². The molecule has 0 saturated carbocycles. The van der Waals surface area contributed by atoms with E-state index >= 15 is 0 Å². The molecule has 0 spiro atoms. The molecule has 5 aromatic heterocycles. The number of pyridine rings is 2. The number of nitrogens with zero attached hydrogens (tertiary/aromatic N) is 7. The van der Waals surface area contributed by atoms with Gasteiger partial charge in [-0.05, 0) is 18.2 Å². The van der Waals surface area contributed by atoms with Gasteiger partial charge in [-0.15, -0.1) is 16.4 Å². The first-order chi connectivity index (χ1) is 14.6. The highest BCUT2D eigenvalue weighted by atomic mass is 32.1. The smallest absolute Gasteiger partial charge is 0.252 e. The second-order valence-corrected chi connectivity index (χ2v) is 7.57. The molecule has 0 aliphatic heterocycles. The van der Waals surface area contributed by atoms with Crippen LogP contribution in [0.1, 0.15) is 0 Å². The number of nitrogens with one attached hydrogen (secondary N) is 1. The summed E-state index contributed by atoms with van der Waals surface area (Å²) in [6, 6.07) is 7.23. The number of H-pyrrole nitrogens is 1. The molecule has 5 rings (SSSR count). The van der Waals surface area contributed by atoms with Gasteiger partial charge in [-0.3, -0.25) is 9.78 Å². The van der Waals surface area contributed by atoms with E-state index in [0.717, 1.165) is 0 Å². The standard InChI is InChI=1S/C20H16N8OS/c1-27(2)18-13(12-6-3-4-7-21-12)16(29)14(15(24-18)19-22-9-11-30-19)17-25-20-23-8-5-10-28(20)26-17/h3-11H,1-2H3,(H,24,29). The average Bonchev–Trinajstić information content (AvgIpc) is 3.43. The van der Waals surface area contributed by atoms with Gasteiger partial charge in [-0.1, -0.05) is 6.07 Å². The molecule has 5 aromatic rings. The molecule has 0 fully saturated rings. The highest BCUT2D eigenvalue weighted by Crippen LogP contribution is 2.34. The molecule has 148 valence electrons. The van der Waals surface area contributed by atoms with E-state index in [9.17, 15) is 4.79 Å². The van der Waals surface area contributed by atoms with Gasteiger partial charge in [0.2, 0.25) is 5.43 Å². The third-order valence-corrected chi connectivity index (χ3v) is 5.33. The fourth-order valence-electron chi connectivity index (χ4n) is 3.23. The summed E-state index contributed by atoms with van der Waals surface area (Å²) < 4.78 is 1.54. The summed E-state index contributed by atoms with van der Waals surface area (Å²) in [5, 5.41) is 7.02. The van der Waals surface area contributed by atoms with Crippen molar-refractivity contribution in [1.82, 2.24) is 34.5 Å². The lowest BCUT2D eigenvalue weighted by Gasteiger charge is -2.19. The molecule has 0 radical (unpaired) electrons. The first-order valence-electron chi connectivity index (χ1n) is 9.10. The van der Waals surface area contributed by atoms with Gasteiger partial charge in [-0.25, -0.2) is 14.5 Å². The Hall–Kier alpha value is -3.92. The Kier molecular flexibility index (Phi) is 4.32. The van der Waals surface area contributed by atoms with Gasteiger partial charge in [-0.2, -0.15) is 4.98 Å². The molecule has 0 atom stereocenters. The van der Waals surface area contributed by atoms with Crippen molar-refractivity contribution in [1.29, 1.82) is 0 Å². The van der Waals surface area contributed by atoms with Crippen LogP contribution >= 0.6 is 11.3 Å². The van der Waals surface area contributed by atoms with Crippen molar-refractivity contribution in [3.8, 4) is 33.3 Å². The van der Waals surface area contributed by atoms with Crippen molar-refractivity contribution >= 4 is 22.9 Å². The Bertz CT molecular complexity index is 1360. The first kappa shape index (κ1) is 18.1. The van der Waals surface area contributed by atoms with Crippen molar-refractivity contribution in [2.24, 2.45) is 0 Å². The lowest BCUT2D eigenvalue weighted by molar-refractivity contribution is 0.941. The van der Waals surface area contributed by atoms with Crippen LogP contribution < -0.4 is 10.3 Å². The van der Waals surface area contributed by atoms with Crippen LogP contribution in [0, 0.1) is 0 Å². The van der Waals surface area contributed by atoms with E-state index in [1.807, 2.05) is 42.6 Å². The topological polar surface area (TPSA) is 105 Å². The van der Waals surface area contributed by atoms with Crippen molar-refractivity contribution in [2.45, 2.75) is 0 Å². The van der Waals surface area contributed by atoms with Crippen LogP contribution in [0.25, 0.3) is 39.1 Å². The zero-order valence-electron chi connectivity index (χ0n) is 16.1. The minimum absolute atomic E-state index is 0.225. The summed E-state index contributed by atoms with van der Waals surface area (Å²) >= 11 is 1.43. The molecule has 0 unspecified atom stereocenters. The molecular formula is C20H16N8OS. The van der Waals surface area contributed by atoms with Gasteiger partial charge in [0.05, 0.1) is 22.5 Å². The molecule has 0 aromatic carbocycles. The van der Waals surface area contributed by atoms with E-state index in [-0.39, 0.29) is 11.3 Å². The molecule has 1 N–H and O–H groups in total. The van der Waals surface area contributed by atoms with Crippen LogP contribution in [0.4, 0.5) is 5.82 Å².